The summed E-state index contributed by atoms with van der Waals surface area (Å²) in [4.78, 5) is 29.8. The Hall–Kier alpha value is -3.87. The molecule has 7 nitrogen and oxygen atoms in total. The molecule has 0 aliphatic rings. The van der Waals surface area contributed by atoms with E-state index in [1.165, 1.54) is 4.90 Å². The quantitative estimate of drug-likeness (QED) is 0.662. The van der Waals surface area contributed by atoms with Gasteiger partial charge in [0.1, 0.15) is 6.61 Å². The molecule has 0 bridgehead atoms. The van der Waals surface area contributed by atoms with Crippen LogP contribution in [0.15, 0.2) is 73.1 Å². The van der Waals surface area contributed by atoms with Gasteiger partial charge in [-0.2, -0.15) is 0 Å². The maximum absolute atomic E-state index is 12.3. The number of aromatic nitrogens is 1. The lowest BCUT2D eigenvalue weighted by atomic mass is 10.1. The molecule has 0 aliphatic heterocycles. The number of rotatable bonds is 5. The van der Waals surface area contributed by atoms with Crippen LogP contribution in [0.25, 0.3) is 0 Å². The molecule has 142 valence electrons. The number of nitrogen functional groups attached to an aromatic ring is 1. The van der Waals surface area contributed by atoms with Crippen molar-refractivity contribution in [1.82, 2.24) is 4.98 Å². The van der Waals surface area contributed by atoms with Crippen LogP contribution >= 0.6 is 0 Å². The lowest BCUT2D eigenvalue weighted by Crippen LogP contribution is -2.26. The summed E-state index contributed by atoms with van der Waals surface area (Å²) < 4.78 is 5.30. The van der Waals surface area contributed by atoms with Crippen LogP contribution in [0, 0.1) is 0 Å². The Morgan fingerprint density at radius 3 is 2.50 bits per heavy atom. The maximum Gasteiger partial charge on any atom is 0.414 e. The zero-order valence-corrected chi connectivity index (χ0v) is 15.3. The molecule has 3 N–H and O–H groups in total. The molecule has 2 aromatic carbocycles. The van der Waals surface area contributed by atoms with Gasteiger partial charge in [-0.3, -0.25) is 14.7 Å². The highest BCUT2D eigenvalue weighted by atomic mass is 16.6. The number of nitrogens with two attached hydrogens (primary N) is 1. The molecule has 0 unspecified atom stereocenters. The highest BCUT2D eigenvalue weighted by Crippen LogP contribution is 2.18. The first-order chi connectivity index (χ1) is 13.5. The molecule has 0 spiro atoms. The molecule has 0 saturated carbocycles. The number of pyridine rings is 1. The second kappa shape index (κ2) is 8.68. The molecule has 0 aliphatic carbocycles. The summed E-state index contributed by atoms with van der Waals surface area (Å²) in [5.41, 5.74) is 8.77. The van der Waals surface area contributed by atoms with Gasteiger partial charge in [-0.25, -0.2) is 4.79 Å². The molecule has 0 atom stereocenters. The molecule has 28 heavy (non-hydrogen) atoms. The van der Waals surface area contributed by atoms with E-state index in [0.29, 0.717) is 22.6 Å². The Balaban J connectivity index is 1.56. The third-order valence-electron chi connectivity index (χ3n) is 4.09. The van der Waals surface area contributed by atoms with Crippen LogP contribution in [-0.2, 0) is 11.3 Å². The summed E-state index contributed by atoms with van der Waals surface area (Å²) >= 11 is 0. The molecule has 1 heterocycles. The van der Waals surface area contributed by atoms with E-state index >= 15 is 0 Å². The van der Waals surface area contributed by atoms with E-state index in [1.54, 1.807) is 80.1 Å². The minimum atomic E-state index is -0.491. The number of para-hydroxylation sites is 2. The van der Waals surface area contributed by atoms with E-state index < -0.39 is 6.09 Å². The van der Waals surface area contributed by atoms with Gasteiger partial charge in [0.15, 0.2) is 0 Å². The van der Waals surface area contributed by atoms with E-state index in [0.717, 1.165) is 5.56 Å². The number of hydrogen-bond donors (Lipinski definition) is 2. The normalized spacial score (nSPS) is 10.2. The van der Waals surface area contributed by atoms with Gasteiger partial charge in [0.2, 0.25) is 0 Å². The molecule has 3 aromatic rings. The predicted molar refractivity (Wildman–Crippen MR) is 108 cm³/mol. The Bertz CT molecular complexity index is 959. The predicted octanol–water partition coefficient (Wildman–Crippen LogP) is 3.69. The lowest BCUT2D eigenvalue weighted by Gasteiger charge is -2.16. The summed E-state index contributed by atoms with van der Waals surface area (Å²) in [5.74, 6) is -0.266. The highest BCUT2D eigenvalue weighted by molar-refractivity contribution is 6.05. The van der Waals surface area contributed by atoms with Crippen molar-refractivity contribution in [2.24, 2.45) is 0 Å². The van der Waals surface area contributed by atoms with Crippen LogP contribution in [0.3, 0.4) is 0 Å². The number of nitrogens with one attached hydrogen (secondary N) is 1. The van der Waals surface area contributed by atoms with Crippen molar-refractivity contribution in [2.45, 2.75) is 6.61 Å². The van der Waals surface area contributed by atoms with Gasteiger partial charge < -0.3 is 15.8 Å². The minimum Gasteiger partial charge on any atom is -0.444 e. The molecule has 1 aromatic heterocycles. The molecule has 0 saturated heterocycles. The number of ether oxygens (including phenoxy) is 1. The van der Waals surface area contributed by atoms with Crippen molar-refractivity contribution in [3.63, 3.8) is 0 Å². The molecule has 0 fully saturated rings. The number of amides is 2. The summed E-state index contributed by atoms with van der Waals surface area (Å²) in [6, 6.07) is 17.4. The number of carbonyl (C=O) groups is 2. The van der Waals surface area contributed by atoms with Gasteiger partial charge in [0, 0.05) is 18.8 Å². The third kappa shape index (κ3) is 4.64. The Morgan fingerprint density at radius 1 is 1.07 bits per heavy atom. The van der Waals surface area contributed by atoms with E-state index in [2.05, 4.69) is 10.3 Å². The van der Waals surface area contributed by atoms with Crippen molar-refractivity contribution in [3.8, 4) is 0 Å². The van der Waals surface area contributed by atoms with Crippen molar-refractivity contribution in [2.75, 3.05) is 23.0 Å². The summed E-state index contributed by atoms with van der Waals surface area (Å²) in [6.45, 7) is 0.0942. The molecule has 3 rings (SSSR count). The topological polar surface area (TPSA) is 97.5 Å². The fourth-order valence-electron chi connectivity index (χ4n) is 2.46. The third-order valence-corrected chi connectivity index (χ3v) is 4.09. The molecular formula is C21H20N4O3. The maximum atomic E-state index is 12.3. The summed E-state index contributed by atoms with van der Waals surface area (Å²) in [7, 11) is 1.61. The van der Waals surface area contributed by atoms with Crippen molar-refractivity contribution >= 4 is 29.1 Å². The monoisotopic (exact) mass is 376 g/mol. The number of carbonyl (C=O) groups excluding carboxylic acids is 2. The number of nitrogens with zero attached hydrogens (tertiary/aromatic N) is 2. The fourth-order valence-corrected chi connectivity index (χ4v) is 2.46. The first-order valence-electron chi connectivity index (χ1n) is 8.60. The average molecular weight is 376 g/mol. The van der Waals surface area contributed by atoms with E-state index in [4.69, 9.17) is 10.5 Å². The van der Waals surface area contributed by atoms with Gasteiger partial charge in [-0.1, -0.05) is 24.3 Å². The van der Waals surface area contributed by atoms with E-state index in [1.807, 2.05) is 0 Å². The smallest absolute Gasteiger partial charge is 0.414 e. The Kier molecular flexibility index (Phi) is 5.86. The number of anilines is 3. The van der Waals surface area contributed by atoms with Crippen molar-refractivity contribution in [3.05, 3.63) is 84.2 Å². The van der Waals surface area contributed by atoms with Crippen LogP contribution in [0.1, 0.15) is 15.9 Å². The van der Waals surface area contributed by atoms with E-state index in [-0.39, 0.29) is 12.5 Å². The van der Waals surface area contributed by atoms with Crippen LogP contribution in [-0.4, -0.2) is 24.0 Å². The molecule has 2 amide bonds. The summed E-state index contributed by atoms with van der Waals surface area (Å²) in [6.07, 6.45) is 2.72. The van der Waals surface area contributed by atoms with Crippen LogP contribution in [0.4, 0.5) is 21.9 Å². The largest absolute Gasteiger partial charge is 0.444 e. The van der Waals surface area contributed by atoms with Crippen LogP contribution < -0.4 is 16.0 Å². The van der Waals surface area contributed by atoms with Crippen LogP contribution in [0.5, 0.6) is 0 Å². The average Bonchev–Trinajstić information content (AvgIpc) is 2.74. The van der Waals surface area contributed by atoms with E-state index in [9.17, 15) is 9.59 Å². The number of benzene rings is 2. The molecule has 7 heteroatoms. The molecule has 0 radical (unpaired) electrons. The zero-order chi connectivity index (χ0) is 19.9. The minimum absolute atomic E-state index is 0.0942. The SMILES string of the molecule is CN(C(=O)OCc1ccc(C(=O)Nc2ccccc2N)cc1)c1cccnc1. The van der Waals surface area contributed by atoms with Gasteiger partial charge in [-0.15, -0.1) is 0 Å². The highest BCUT2D eigenvalue weighted by Gasteiger charge is 2.13. The van der Waals surface area contributed by atoms with Crippen molar-refractivity contribution in [1.29, 1.82) is 0 Å². The first-order valence-corrected chi connectivity index (χ1v) is 8.60. The van der Waals surface area contributed by atoms with Gasteiger partial charge in [-0.05, 0) is 42.0 Å². The standard InChI is InChI=1S/C21H20N4O3/c1-25(17-5-4-12-23-13-17)21(27)28-14-15-8-10-16(11-9-15)20(26)24-19-7-3-2-6-18(19)22/h2-13H,14,22H2,1H3,(H,24,26). The fraction of sp³-hybridized carbons (Fsp3) is 0.0952. The number of hydrogen-bond acceptors (Lipinski definition) is 5. The molecular weight excluding hydrogens is 356 g/mol. The first kappa shape index (κ1) is 18.9. The van der Waals surface area contributed by atoms with Gasteiger partial charge in [0.25, 0.3) is 5.91 Å². The second-order valence-corrected chi connectivity index (χ2v) is 6.06. The van der Waals surface area contributed by atoms with Crippen LogP contribution in [0.2, 0.25) is 0 Å². The second-order valence-electron chi connectivity index (χ2n) is 6.06. The zero-order valence-electron chi connectivity index (χ0n) is 15.3. The lowest BCUT2D eigenvalue weighted by molar-refractivity contribution is 0.102. The van der Waals surface area contributed by atoms with Gasteiger partial charge >= 0.3 is 6.09 Å². The Labute approximate surface area is 162 Å². The Morgan fingerprint density at radius 2 is 1.82 bits per heavy atom. The van der Waals surface area contributed by atoms with Gasteiger partial charge in [0.05, 0.1) is 23.3 Å². The van der Waals surface area contributed by atoms with Crippen molar-refractivity contribution < 1.29 is 14.3 Å². The summed E-state index contributed by atoms with van der Waals surface area (Å²) in [5, 5.41) is 2.77.